The van der Waals surface area contributed by atoms with Crippen LogP contribution in [0.3, 0.4) is 0 Å². The van der Waals surface area contributed by atoms with Crippen molar-refractivity contribution in [2.75, 3.05) is 44.6 Å². The number of hydrogen-bond acceptors (Lipinski definition) is 7. The van der Waals surface area contributed by atoms with Gasteiger partial charge in [0, 0.05) is 50.9 Å². The molecular weight excluding hydrogens is 524 g/mol. The number of esters is 1. The highest BCUT2D eigenvalue weighted by Gasteiger charge is 2.17. The Balaban J connectivity index is 1.08. The number of carbonyl (C=O) groups is 1. The molecule has 0 aliphatic carbocycles. The third-order valence-corrected chi connectivity index (χ3v) is 8.13. The molecule has 4 aromatic rings. The van der Waals surface area contributed by atoms with Crippen LogP contribution >= 0.6 is 0 Å². The molecular formula is C34H44N6O2. The third kappa shape index (κ3) is 8.17. The second kappa shape index (κ2) is 14.9. The largest absolute Gasteiger partial charge is 0.466 e. The first-order valence-corrected chi connectivity index (χ1v) is 15.4. The van der Waals surface area contributed by atoms with Crippen molar-refractivity contribution in [3.8, 4) is 11.3 Å². The molecule has 0 spiro atoms. The van der Waals surface area contributed by atoms with E-state index in [1.54, 1.807) is 6.33 Å². The molecule has 42 heavy (non-hydrogen) atoms. The van der Waals surface area contributed by atoms with Crippen molar-refractivity contribution in [1.29, 1.82) is 0 Å². The van der Waals surface area contributed by atoms with Gasteiger partial charge in [-0.05, 0) is 56.0 Å². The quantitative estimate of drug-likeness (QED) is 0.134. The first-order chi connectivity index (χ1) is 20.6. The smallest absolute Gasteiger partial charge is 0.305 e. The summed E-state index contributed by atoms with van der Waals surface area (Å²) in [6.07, 6.45) is 6.59. The molecule has 8 nitrogen and oxygen atoms in total. The van der Waals surface area contributed by atoms with Crippen LogP contribution in [0.1, 0.15) is 63.1 Å². The van der Waals surface area contributed by atoms with Gasteiger partial charge in [-0.25, -0.2) is 9.97 Å². The summed E-state index contributed by atoms with van der Waals surface area (Å²) < 4.78 is 5.00. The minimum absolute atomic E-state index is 0.0630. The number of ether oxygens (including phenoxy) is 1. The average Bonchev–Trinajstić information content (AvgIpc) is 3.46. The summed E-state index contributed by atoms with van der Waals surface area (Å²) in [4.78, 5) is 29.1. The van der Waals surface area contributed by atoms with Crippen LogP contribution in [0.5, 0.6) is 0 Å². The van der Waals surface area contributed by atoms with E-state index >= 15 is 0 Å². The van der Waals surface area contributed by atoms with Crippen molar-refractivity contribution in [3.63, 3.8) is 0 Å². The van der Waals surface area contributed by atoms with Gasteiger partial charge in [-0.1, -0.05) is 67.4 Å². The molecule has 0 bridgehead atoms. The van der Waals surface area contributed by atoms with Crippen LogP contribution in [0.2, 0.25) is 0 Å². The molecule has 222 valence electrons. The molecule has 0 radical (unpaired) electrons. The molecule has 2 aromatic carbocycles. The Bertz CT molecular complexity index is 1400. The third-order valence-electron chi connectivity index (χ3n) is 8.13. The fourth-order valence-corrected chi connectivity index (χ4v) is 5.65. The molecule has 1 aliphatic heterocycles. The maximum Gasteiger partial charge on any atom is 0.305 e. The zero-order valence-corrected chi connectivity index (χ0v) is 25.0. The topological polar surface area (TPSA) is 86.4 Å². The SMILES string of the molecule is CCOC(=O)CCCCCCN1CCN(Cc2ccc(-c3cc4c(N[C@H](C)c5ccccc5)ncnc4[nH]3)cc2)CC1. The first-order valence-electron chi connectivity index (χ1n) is 15.4. The number of H-pyrrole nitrogens is 1. The van der Waals surface area contributed by atoms with Gasteiger partial charge < -0.3 is 19.9 Å². The van der Waals surface area contributed by atoms with Crippen LogP contribution in [0.4, 0.5) is 5.82 Å². The number of aromatic nitrogens is 3. The maximum atomic E-state index is 11.4. The number of aromatic amines is 1. The van der Waals surface area contributed by atoms with Crippen LogP contribution in [0.15, 0.2) is 67.0 Å². The number of nitrogens with zero attached hydrogens (tertiary/aromatic N) is 4. The lowest BCUT2D eigenvalue weighted by Gasteiger charge is -2.34. The fourth-order valence-electron chi connectivity index (χ4n) is 5.65. The molecule has 1 aliphatic rings. The number of benzene rings is 2. The summed E-state index contributed by atoms with van der Waals surface area (Å²) in [5, 5.41) is 4.55. The summed E-state index contributed by atoms with van der Waals surface area (Å²) in [5.74, 6) is 0.774. The number of hydrogen-bond donors (Lipinski definition) is 2. The van der Waals surface area contributed by atoms with E-state index in [1.807, 2.05) is 13.0 Å². The average molecular weight is 569 g/mol. The van der Waals surface area contributed by atoms with Crippen LogP contribution in [-0.4, -0.2) is 70.1 Å². The molecule has 8 heteroatoms. The Labute approximate surface area is 249 Å². The summed E-state index contributed by atoms with van der Waals surface area (Å²) in [7, 11) is 0. The molecule has 3 heterocycles. The maximum absolute atomic E-state index is 11.4. The number of fused-ring (bicyclic) bond motifs is 1. The van der Waals surface area contributed by atoms with Gasteiger partial charge in [-0.3, -0.25) is 9.69 Å². The molecule has 0 amide bonds. The van der Waals surface area contributed by atoms with E-state index in [2.05, 4.69) is 91.6 Å². The minimum Gasteiger partial charge on any atom is -0.466 e. The Morgan fingerprint density at radius 1 is 0.952 bits per heavy atom. The van der Waals surface area contributed by atoms with E-state index in [0.717, 1.165) is 80.2 Å². The molecule has 1 atom stereocenters. The van der Waals surface area contributed by atoms with Gasteiger partial charge in [0.2, 0.25) is 0 Å². The van der Waals surface area contributed by atoms with E-state index in [4.69, 9.17) is 4.74 Å². The van der Waals surface area contributed by atoms with Gasteiger partial charge in [-0.15, -0.1) is 0 Å². The number of piperazine rings is 1. The number of unbranched alkanes of at least 4 members (excludes halogenated alkanes) is 3. The molecule has 5 rings (SSSR count). The highest BCUT2D eigenvalue weighted by molar-refractivity contribution is 5.91. The van der Waals surface area contributed by atoms with Crippen molar-refractivity contribution < 1.29 is 9.53 Å². The highest BCUT2D eigenvalue weighted by Crippen LogP contribution is 2.29. The van der Waals surface area contributed by atoms with E-state index in [9.17, 15) is 4.79 Å². The zero-order chi connectivity index (χ0) is 29.1. The van der Waals surface area contributed by atoms with E-state index in [0.29, 0.717) is 13.0 Å². The van der Waals surface area contributed by atoms with Gasteiger partial charge >= 0.3 is 5.97 Å². The van der Waals surface area contributed by atoms with E-state index < -0.39 is 0 Å². The summed E-state index contributed by atoms with van der Waals surface area (Å²) in [6, 6.07) is 21.6. The van der Waals surface area contributed by atoms with Crippen molar-refractivity contribution >= 4 is 22.8 Å². The van der Waals surface area contributed by atoms with Crippen LogP contribution < -0.4 is 5.32 Å². The van der Waals surface area contributed by atoms with Gasteiger partial charge in [0.05, 0.1) is 12.0 Å². The van der Waals surface area contributed by atoms with Crippen LogP contribution in [-0.2, 0) is 16.1 Å². The number of carbonyl (C=O) groups excluding carboxylic acids is 1. The lowest BCUT2D eigenvalue weighted by Crippen LogP contribution is -2.46. The first kappa shape index (κ1) is 29.7. The second-order valence-electron chi connectivity index (χ2n) is 11.2. The highest BCUT2D eigenvalue weighted by atomic mass is 16.5. The van der Waals surface area contributed by atoms with Crippen molar-refractivity contribution in [3.05, 3.63) is 78.1 Å². The van der Waals surface area contributed by atoms with E-state index in [-0.39, 0.29) is 12.0 Å². The monoisotopic (exact) mass is 568 g/mol. The van der Waals surface area contributed by atoms with Crippen LogP contribution in [0.25, 0.3) is 22.3 Å². The standard InChI is InChI=1S/C34H44N6O2/c1-3-42-32(41)13-9-4-5-10-18-39-19-21-40(22-20-39)24-27-14-16-29(17-15-27)31-23-30-33(35-25-36-34(30)38-31)37-26(2)28-11-7-6-8-12-28/h6-8,11-12,14-17,23,25-26H,3-5,9-10,13,18-22,24H2,1-2H3,(H2,35,36,37,38)/t26-/m1/s1. The van der Waals surface area contributed by atoms with Gasteiger partial charge in [-0.2, -0.15) is 0 Å². The summed E-state index contributed by atoms with van der Waals surface area (Å²) in [6.45, 7) is 11.1. The van der Waals surface area contributed by atoms with Gasteiger partial charge in [0.25, 0.3) is 0 Å². The predicted molar refractivity (Wildman–Crippen MR) is 169 cm³/mol. The molecule has 1 saturated heterocycles. The van der Waals surface area contributed by atoms with Crippen LogP contribution in [0, 0.1) is 0 Å². The lowest BCUT2D eigenvalue weighted by atomic mass is 10.1. The van der Waals surface area contributed by atoms with Crippen molar-refractivity contribution in [2.24, 2.45) is 0 Å². The van der Waals surface area contributed by atoms with Gasteiger partial charge in [0.15, 0.2) is 0 Å². The Morgan fingerprint density at radius 3 is 2.45 bits per heavy atom. The zero-order valence-electron chi connectivity index (χ0n) is 25.0. The lowest BCUT2D eigenvalue weighted by molar-refractivity contribution is -0.143. The van der Waals surface area contributed by atoms with Crippen molar-refractivity contribution in [2.45, 2.75) is 58.5 Å². The second-order valence-corrected chi connectivity index (χ2v) is 11.2. The normalized spacial score (nSPS) is 15.1. The molecule has 0 unspecified atom stereocenters. The summed E-state index contributed by atoms with van der Waals surface area (Å²) in [5.41, 5.74) is 5.58. The van der Waals surface area contributed by atoms with Crippen molar-refractivity contribution in [1.82, 2.24) is 24.8 Å². The number of rotatable bonds is 14. The number of anilines is 1. The number of nitrogens with one attached hydrogen (secondary N) is 2. The summed E-state index contributed by atoms with van der Waals surface area (Å²) >= 11 is 0. The molecule has 0 saturated carbocycles. The molecule has 2 N–H and O–H groups in total. The van der Waals surface area contributed by atoms with Gasteiger partial charge in [0.1, 0.15) is 17.8 Å². The fraction of sp³-hybridized carbons (Fsp3) is 0.441. The Morgan fingerprint density at radius 2 is 1.69 bits per heavy atom. The minimum atomic E-state index is -0.0630. The molecule has 1 fully saturated rings. The Hall–Kier alpha value is -3.75. The van der Waals surface area contributed by atoms with E-state index in [1.165, 1.54) is 24.0 Å². The predicted octanol–water partition coefficient (Wildman–Crippen LogP) is 6.43. The molecule has 2 aromatic heterocycles. The Kier molecular flexibility index (Phi) is 10.6.